The van der Waals surface area contributed by atoms with Crippen molar-refractivity contribution in [3.8, 4) is 0 Å². The van der Waals surface area contributed by atoms with E-state index >= 15 is 0 Å². The Kier molecular flexibility index (Phi) is 2.81. The third-order valence-electron chi connectivity index (χ3n) is 2.96. The Hall–Kier alpha value is -0.370. The van der Waals surface area contributed by atoms with E-state index in [4.69, 9.17) is 0 Å². The second-order valence-corrected chi connectivity index (χ2v) is 5.47. The Balaban J connectivity index is 2.67. The van der Waals surface area contributed by atoms with Gasteiger partial charge in [0.15, 0.2) is 0 Å². The Morgan fingerprint density at radius 3 is 2.46 bits per heavy atom. The van der Waals surface area contributed by atoms with Crippen molar-refractivity contribution in [3.05, 3.63) is 0 Å². The molecule has 1 unspecified atom stereocenters. The highest BCUT2D eigenvalue weighted by molar-refractivity contribution is 5.59. The zero-order chi connectivity index (χ0) is 10.1. The summed E-state index contributed by atoms with van der Waals surface area (Å²) in [5, 5.41) is 0. The Bertz CT molecular complexity index is 195. The van der Waals surface area contributed by atoms with Gasteiger partial charge in [-0.15, -0.1) is 0 Å². The first-order valence-corrected chi connectivity index (χ1v) is 5.09. The second-order valence-electron chi connectivity index (χ2n) is 5.47. The number of hydrogen-bond acceptors (Lipinski definition) is 2. The number of carbonyl (C=O) groups excluding carboxylic acids is 1. The lowest BCUT2D eigenvalue weighted by Crippen LogP contribution is -2.51. The number of hydrogen-bond donors (Lipinski definition) is 0. The quantitative estimate of drug-likeness (QED) is 0.580. The molecule has 76 valence electrons. The van der Waals surface area contributed by atoms with Gasteiger partial charge >= 0.3 is 0 Å². The maximum atomic E-state index is 10.9. The zero-order valence-corrected chi connectivity index (χ0v) is 9.26. The van der Waals surface area contributed by atoms with E-state index in [0.717, 1.165) is 32.2 Å². The van der Waals surface area contributed by atoms with E-state index < -0.39 is 0 Å². The lowest BCUT2D eigenvalue weighted by Gasteiger charge is -2.44. The first-order valence-electron chi connectivity index (χ1n) is 5.09. The van der Waals surface area contributed by atoms with Crippen LogP contribution < -0.4 is 0 Å². The number of nitrogens with zero attached hydrogens (tertiary/aromatic N) is 1. The highest BCUT2D eigenvalue weighted by atomic mass is 16.1. The smallest absolute Gasteiger partial charge is 0.127 e. The number of piperidine rings is 1. The summed E-state index contributed by atoms with van der Waals surface area (Å²) in [6.07, 6.45) is 3.32. The van der Waals surface area contributed by atoms with Crippen molar-refractivity contribution in [1.82, 2.24) is 4.90 Å². The summed E-state index contributed by atoms with van der Waals surface area (Å²) in [6, 6.07) is 0. The molecule has 1 saturated heterocycles. The van der Waals surface area contributed by atoms with Crippen LogP contribution in [0, 0.1) is 5.41 Å². The lowest BCUT2D eigenvalue weighted by molar-refractivity contribution is -0.119. The summed E-state index contributed by atoms with van der Waals surface area (Å²) in [5.41, 5.74) is 0.0935. The molecule has 1 heterocycles. The molecule has 0 aromatic carbocycles. The molecule has 0 aromatic rings. The van der Waals surface area contributed by atoms with Crippen LogP contribution in [0.2, 0.25) is 0 Å². The Morgan fingerprint density at radius 2 is 2.00 bits per heavy atom. The minimum Gasteiger partial charge on any atom is -0.303 e. The predicted molar refractivity (Wildman–Crippen MR) is 54.7 cm³/mol. The SMILES string of the molecule is CC1(C=O)CCCN(C(C)(C)C)C1. The lowest BCUT2D eigenvalue weighted by atomic mass is 9.82. The molecule has 2 nitrogen and oxygen atoms in total. The summed E-state index contributed by atoms with van der Waals surface area (Å²) >= 11 is 0. The molecule has 1 rings (SSSR count). The maximum absolute atomic E-state index is 10.9. The van der Waals surface area contributed by atoms with Gasteiger partial charge in [-0.2, -0.15) is 0 Å². The maximum Gasteiger partial charge on any atom is 0.127 e. The average molecular weight is 183 g/mol. The topological polar surface area (TPSA) is 20.3 Å². The van der Waals surface area contributed by atoms with Crippen LogP contribution >= 0.6 is 0 Å². The van der Waals surface area contributed by atoms with Gasteiger partial charge < -0.3 is 4.79 Å². The molecule has 0 aliphatic carbocycles. The van der Waals surface area contributed by atoms with E-state index in [9.17, 15) is 4.79 Å². The van der Waals surface area contributed by atoms with Gasteiger partial charge in [0.05, 0.1) is 0 Å². The van der Waals surface area contributed by atoms with Crippen molar-refractivity contribution in [1.29, 1.82) is 0 Å². The van der Waals surface area contributed by atoms with E-state index in [1.54, 1.807) is 0 Å². The van der Waals surface area contributed by atoms with Gasteiger partial charge in [0, 0.05) is 17.5 Å². The molecular weight excluding hydrogens is 162 g/mol. The summed E-state index contributed by atoms with van der Waals surface area (Å²) in [6.45, 7) is 10.8. The van der Waals surface area contributed by atoms with E-state index in [0.29, 0.717) is 0 Å². The minimum absolute atomic E-state index is 0.106. The van der Waals surface area contributed by atoms with Gasteiger partial charge in [0.2, 0.25) is 0 Å². The molecule has 1 aliphatic rings. The largest absolute Gasteiger partial charge is 0.303 e. The number of likely N-dealkylation sites (tertiary alicyclic amines) is 1. The molecule has 0 spiro atoms. The minimum atomic E-state index is -0.106. The molecule has 1 atom stereocenters. The van der Waals surface area contributed by atoms with Crippen LogP contribution in [0.1, 0.15) is 40.5 Å². The van der Waals surface area contributed by atoms with Gasteiger partial charge in [-0.3, -0.25) is 4.90 Å². The Labute approximate surface area is 81.3 Å². The first kappa shape index (κ1) is 10.7. The van der Waals surface area contributed by atoms with Crippen LogP contribution in [0.5, 0.6) is 0 Å². The third kappa shape index (κ3) is 2.53. The van der Waals surface area contributed by atoms with Crippen molar-refractivity contribution in [3.63, 3.8) is 0 Å². The molecular formula is C11H21NO. The molecule has 13 heavy (non-hydrogen) atoms. The first-order chi connectivity index (χ1) is 5.87. The Morgan fingerprint density at radius 1 is 1.38 bits per heavy atom. The van der Waals surface area contributed by atoms with Gasteiger partial charge in [-0.1, -0.05) is 6.92 Å². The number of rotatable bonds is 1. The van der Waals surface area contributed by atoms with E-state index in [1.165, 1.54) is 0 Å². The fraction of sp³-hybridized carbons (Fsp3) is 0.909. The van der Waals surface area contributed by atoms with Crippen molar-refractivity contribution in [2.24, 2.45) is 5.41 Å². The van der Waals surface area contributed by atoms with Crippen molar-refractivity contribution in [2.75, 3.05) is 13.1 Å². The highest BCUT2D eigenvalue weighted by Crippen LogP contribution is 2.30. The molecule has 0 radical (unpaired) electrons. The van der Waals surface area contributed by atoms with Gasteiger partial charge in [-0.25, -0.2) is 0 Å². The van der Waals surface area contributed by atoms with Crippen molar-refractivity contribution < 1.29 is 4.79 Å². The molecule has 1 aliphatic heterocycles. The summed E-state index contributed by atoms with van der Waals surface area (Å²) in [5.74, 6) is 0. The van der Waals surface area contributed by atoms with Gasteiger partial charge in [0.1, 0.15) is 6.29 Å². The van der Waals surface area contributed by atoms with E-state index in [-0.39, 0.29) is 11.0 Å². The van der Waals surface area contributed by atoms with Crippen LogP contribution in [0.25, 0.3) is 0 Å². The summed E-state index contributed by atoms with van der Waals surface area (Å²) < 4.78 is 0. The normalized spacial score (nSPS) is 31.7. The number of carbonyl (C=O) groups is 1. The van der Waals surface area contributed by atoms with Crippen LogP contribution in [0.4, 0.5) is 0 Å². The van der Waals surface area contributed by atoms with Crippen LogP contribution in [0.15, 0.2) is 0 Å². The van der Waals surface area contributed by atoms with E-state index in [1.807, 2.05) is 0 Å². The van der Waals surface area contributed by atoms with E-state index in [2.05, 4.69) is 32.6 Å². The fourth-order valence-corrected chi connectivity index (χ4v) is 1.94. The molecule has 2 heteroatoms. The molecule has 0 saturated carbocycles. The van der Waals surface area contributed by atoms with Gasteiger partial charge in [-0.05, 0) is 40.2 Å². The molecule has 0 bridgehead atoms. The fourth-order valence-electron chi connectivity index (χ4n) is 1.94. The van der Waals surface area contributed by atoms with Gasteiger partial charge in [0.25, 0.3) is 0 Å². The van der Waals surface area contributed by atoms with Crippen LogP contribution in [-0.2, 0) is 4.79 Å². The second kappa shape index (κ2) is 3.41. The summed E-state index contributed by atoms with van der Waals surface area (Å²) in [4.78, 5) is 13.3. The monoisotopic (exact) mass is 183 g/mol. The third-order valence-corrected chi connectivity index (χ3v) is 2.96. The molecule has 0 amide bonds. The molecule has 0 aromatic heterocycles. The van der Waals surface area contributed by atoms with Crippen LogP contribution in [0.3, 0.4) is 0 Å². The van der Waals surface area contributed by atoms with Crippen LogP contribution in [-0.4, -0.2) is 29.8 Å². The highest BCUT2D eigenvalue weighted by Gasteiger charge is 2.34. The summed E-state index contributed by atoms with van der Waals surface area (Å²) in [7, 11) is 0. The molecule has 1 fully saturated rings. The standard InChI is InChI=1S/C11H21NO/c1-10(2,3)12-7-5-6-11(4,8-12)9-13/h9H,5-8H2,1-4H3. The zero-order valence-electron chi connectivity index (χ0n) is 9.26. The average Bonchev–Trinajstić information content (AvgIpc) is 2.03. The van der Waals surface area contributed by atoms with Crippen molar-refractivity contribution in [2.45, 2.75) is 46.1 Å². The molecule has 0 N–H and O–H groups in total. The number of aldehydes is 1. The van der Waals surface area contributed by atoms with Crippen molar-refractivity contribution >= 4 is 6.29 Å². The predicted octanol–water partition coefficient (Wildman–Crippen LogP) is 2.09.